The van der Waals surface area contributed by atoms with E-state index >= 15 is 0 Å². The highest BCUT2D eigenvalue weighted by Crippen LogP contribution is 2.35. The summed E-state index contributed by atoms with van der Waals surface area (Å²) in [5, 5.41) is 7.87. The topological polar surface area (TPSA) is 135 Å². The van der Waals surface area contributed by atoms with Crippen molar-refractivity contribution in [3.63, 3.8) is 0 Å². The Morgan fingerprint density at radius 3 is 1.41 bits per heavy atom. The van der Waals surface area contributed by atoms with Crippen LogP contribution in [0, 0.1) is 41.5 Å². The highest BCUT2D eigenvalue weighted by atomic mass is 16.2. The van der Waals surface area contributed by atoms with E-state index in [1.807, 2.05) is 41.5 Å². The summed E-state index contributed by atoms with van der Waals surface area (Å²) >= 11 is 0. The van der Waals surface area contributed by atoms with E-state index < -0.39 is 12.1 Å². The second kappa shape index (κ2) is 9.91. The lowest BCUT2D eigenvalue weighted by atomic mass is 9.83. The number of primary amides is 2. The molecule has 0 unspecified atom stereocenters. The summed E-state index contributed by atoms with van der Waals surface area (Å²) in [4.78, 5) is 21.9. The Morgan fingerprint density at radius 2 is 1.09 bits per heavy atom. The minimum absolute atomic E-state index is 0.723. The lowest BCUT2D eigenvalue weighted by Crippen LogP contribution is -2.24. The van der Waals surface area contributed by atoms with E-state index in [1.54, 1.807) is 12.4 Å². The molecular weight excluding hydrogens is 404 g/mol. The van der Waals surface area contributed by atoms with Crippen LogP contribution in [0.4, 0.5) is 9.59 Å². The van der Waals surface area contributed by atoms with Gasteiger partial charge in [-0.15, -0.1) is 0 Å². The molecule has 0 heterocycles. The van der Waals surface area contributed by atoms with Gasteiger partial charge in [-0.1, -0.05) is 18.7 Å². The Bertz CT molecular complexity index is 1070. The average Bonchev–Trinajstić information content (AvgIpc) is 2.66. The summed E-state index contributed by atoms with van der Waals surface area (Å²) < 4.78 is 0. The van der Waals surface area contributed by atoms with Gasteiger partial charge >= 0.3 is 12.1 Å². The molecule has 2 rings (SSSR count). The number of nitrogens with one attached hydrogen (secondary N) is 2. The van der Waals surface area contributed by atoms with Crippen molar-refractivity contribution >= 4 is 30.1 Å². The fourth-order valence-corrected chi connectivity index (χ4v) is 4.17. The second-order valence-corrected chi connectivity index (χ2v) is 7.80. The summed E-state index contributed by atoms with van der Waals surface area (Å²) in [7, 11) is 0. The highest BCUT2D eigenvalue weighted by molar-refractivity contribution is 5.94. The molecule has 4 amide bonds. The Balaban J connectivity index is 2.65. The molecule has 8 nitrogen and oxygen atoms in total. The van der Waals surface area contributed by atoms with Crippen LogP contribution < -0.4 is 22.3 Å². The first kappa shape index (κ1) is 24.3. The highest BCUT2D eigenvalue weighted by Gasteiger charge is 2.19. The van der Waals surface area contributed by atoms with E-state index in [9.17, 15) is 9.59 Å². The number of hydrogen-bond acceptors (Lipinski definition) is 4. The molecule has 0 spiro atoms. The molecule has 0 aliphatic rings. The van der Waals surface area contributed by atoms with Crippen molar-refractivity contribution < 1.29 is 9.59 Å². The van der Waals surface area contributed by atoms with Crippen LogP contribution in [0.5, 0.6) is 0 Å². The maximum atomic E-state index is 11.0. The molecule has 0 saturated carbocycles. The van der Waals surface area contributed by atoms with Crippen molar-refractivity contribution in [2.45, 2.75) is 41.5 Å². The van der Waals surface area contributed by atoms with Gasteiger partial charge in [-0.05, 0) is 91.6 Å². The summed E-state index contributed by atoms with van der Waals surface area (Å²) in [5.41, 5.74) is 25.5. The zero-order chi connectivity index (χ0) is 24.2. The normalized spacial score (nSPS) is 11.2. The largest absolute Gasteiger partial charge is 0.350 e. The van der Waals surface area contributed by atoms with Gasteiger partial charge in [0, 0.05) is 11.1 Å². The minimum Gasteiger partial charge on any atom is -0.350 e. The van der Waals surface area contributed by atoms with Crippen LogP contribution in [0.1, 0.15) is 55.6 Å². The van der Waals surface area contributed by atoms with Crippen molar-refractivity contribution in [2.75, 3.05) is 0 Å². The molecule has 0 aliphatic carbocycles. The number of carbonyl (C=O) groups excluding carboxylic acids is 2. The number of aryl methyl sites for hydroxylation is 4. The summed E-state index contributed by atoms with van der Waals surface area (Å²) in [6.45, 7) is 16.5. The van der Waals surface area contributed by atoms with Gasteiger partial charge in [-0.25, -0.2) is 20.4 Å². The smallest absolute Gasteiger partial charge is 0.332 e. The summed E-state index contributed by atoms with van der Waals surface area (Å²) in [5.74, 6) is 0. The standard InChI is InChI=1S/C24H30N6O2/c1-12-8-14(3)21(16(5)19(12)10-27-29-23(25)31)18(7)22-15(4)9-13(2)20(17(22)6)11-28-30-24(26)32/h8-11H,7H2,1-6H3,(H3,25,29,31)(H3,26,30,32). The van der Waals surface area contributed by atoms with Crippen LogP contribution in [-0.4, -0.2) is 24.5 Å². The van der Waals surface area contributed by atoms with Crippen molar-refractivity contribution in [1.29, 1.82) is 0 Å². The van der Waals surface area contributed by atoms with Gasteiger partial charge < -0.3 is 11.5 Å². The van der Waals surface area contributed by atoms with E-state index in [4.69, 9.17) is 11.5 Å². The Kier molecular flexibility index (Phi) is 7.54. The first-order chi connectivity index (χ1) is 15.0. The number of amides is 4. The summed E-state index contributed by atoms with van der Waals surface area (Å²) in [6, 6.07) is 2.69. The molecular formula is C24H30N6O2. The lowest BCUT2D eigenvalue weighted by molar-refractivity contribution is 0.248. The zero-order valence-electron chi connectivity index (χ0n) is 19.4. The monoisotopic (exact) mass is 434 g/mol. The van der Waals surface area contributed by atoms with E-state index in [2.05, 4.69) is 39.8 Å². The molecule has 0 bridgehead atoms. The fourth-order valence-electron chi connectivity index (χ4n) is 4.17. The molecule has 8 heteroatoms. The number of urea groups is 2. The van der Waals surface area contributed by atoms with Gasteiger partial charge in [-0.3, -0.25) is 0 Å². The number of nitrogens with two attached hydrogens (primary N) is 2. The number of hydrazone groups is 2. The number of hydrogen-bond donors (Lipinski definition) is 4. The van der Waals surface area contributed by atoms with Gasteiger partial charge in [0.25, 0.3) is 0 Å². The molecule has 2 aromatic rings. The van der Waals surface area contributed by atoms with Gasteiger partial charge in [0.2, 0.25) is 0 Å². The third kappa shape index (κ3) is 5.21. The van der Waals surface area contributed by atoms with Crippen LogP contribution in [-0.2, 0) is 0 Å². The molecule has 168 valence electrons. The Morgan fingerprint density at radius 1 is 0.750 bits per heavy atom. The fraction of sp³-hybridized carbons (Fsp3) is 0.250. The molecule has 2 aromatic carbocycles. The molecule has 0 aliphatic heterocycles. The van der Waals surface area contributed by atoms with Gasteiger partial charge in [0.05, 0.1) is 12.4 Å². The van der Waals surface area contributed by atoms with E-state index in [-0.39, 0.29) is 0 Å². The predicted octanol–water partition coefficient (Wildman–Crippen LogP) is 3.60. The van der Waals surface area contributed by atoms with Crippen LogP contribution in [0.15, 0.2) is 28.9 Å². The maximum Gasteiger partial charge on any atom is 0.332 e. The maximum absolute atomic E-state index is 11.0. The van der Waals surface area contributed by atoms with Crippen LogP contribution in [0.2, 0.25) is 0 Å². The average molecular weight is 435 g/mol. The third-order valence-electron chi connectivity index (χ3n) is 5.40. The van der Waals surface area contributed by atoms with Crippen molar-refractivity contribution in [3.8, 4) is 0 Å². The quantitative estimate of drug-likeness (QED) is 0.408. The van der Waals surface area contributed by atoms with E-state index in [0.717, 1.165) is 61.2 Å². The van der Waals surface area contributed by atoms with Crippen LogP contribution in [0.3, 0.4) is 0 Å². The second-order valence-electron chi connectivity index (χ2n) is 7.80. The first-order valence-corrected chi connectivity index (χ1v) is 10.0. The number of carbonyl (C=O) groups is 2. The van der Waals surface area contributed by atoms with Crippen LogP contribution >= 0.6 is 0 Å². The molecule has 6 N–H and O–H groups in total. The van der Waals surface area contributed by atoms with Crippen molar-refractivity contribution in [2.24, 2.45) is 21.7 Å². The van der Waals surface area contributed by atoms with Gasteiger partial charge in [0.1, 0.15) is 0 Å². The zero-order valence-corrected chi connectivity index (χ0v) is 19.4. The number of nitrogens with zero attached hydrogens (tertiary/aromatic N) is 2. The Labute approximate surface area is 188 Å². The number of benzene rings is 2. The lowest BCUT2D eigenvalue weighted by Gasteiger charge is -2.22. The summed E-state index contributed by atoms with van der Waals surface area (Å²) in [6.07, 6.45) is 3.18. The van der Waals surface area contributed by atoms with Crippen molar-refractivity contribution in [3.05, 3.63) is 74.3 Å². The van der Waals surface area contributed by atoms with Gasteiger partial charge in [-0.2, -0.15) is 10.2 Å². The van der Waals surface area contributed by atoms with Crippen LogP contribution in [0.25, 0.3) is 5.57 Å². The first-order valence-electron chi connectivity index (χ1n) is 10.0. The molecule has 0 aromatic heterocycles. The van der Waals surface area contributed by atoms with E-state index in [0.29, 0.717) is 0 Å². The predicted molar refractivity (Wildman–Crippen MR) is 130 cm³/mol. The molecule has 0 fully saturated rings. The SMILES string of the molecule is C=C(c1c(C)cc(C)c(C=NNC(N)=O)c1C)c1c(C)cc(C)c(C=NNC(N)=O)c1C. The number of rotatable bonds is 6. The molecule has 0 radical (unpaired) electrons. The van der Waals surface area contributed by atoms with E-state index in [1.165, 1.54) is 0 Å². The minimum atomic E-state index is -0.723. The van der Waals surface area contributed by atoms with Gasteiger partial charge in [0.15, 0.2) is 0 Å². The third-order valence-corrected chi connectivity index (χ3v) is 5.40. The molecule has 0 saturated heterocycles. The van der Waals surface area contributed by atoms with Crippen molar-refractivity contribution in [1.82, 2.24) is 10.9 Å². The molecule has 32 heavy (non-hydrogen) atoms. The molecule has 0 atom stereocenters. The Hall–Kier alpha value is -3.94.